The molecule has 2 saturated carbocycles. The van der Waals surface area contributed by atoms with E-state index in [-0.39, 0.29) is 0 Å². The molecule has 100 valence electrons. The molecule has 2 aromatic rings. The summed E-state index contributed by atoms with van der Waals surface area (Å²) in [5.74, 6) is 3.78. The molecule has 4 rings (SSSR count). The molecule has 2 aliphatic rings. The van der Waals surface area contributed by atoms with Crippen molar-refractivity contribution in [1.82, 2.24) is 9.55 Å². The first kappa shape index (κ1) is 11.5. The predicted molar refractivity (Wildman–Crippen MR) is 76.7 cm³/mol. The van der Waals surface area contributed by atoms with Crippen LogP contribution in [0.1, 0.15) is 25.1 Å². The van der Waals surface area contributed by atoms with E-state index in [0.29, 0.717) is 6.04 Å². The van der Waals surface area contributed by atoms with Crippen molar-refractivity contribution in [2.45, 2.75) is 31.7 Å². The van der Waals surface area contributed by atoms with E-state index in [1.807, 2.05) is 6.07 Å². The highest BCUT2D eigenvalue weighted by molar-refractivity contribution is 5.75. The molecule has 3 nitrogen and oxygen atoms in total. The average molecular weight is 255 g/mol. The molecule has 19 heavy (non-hydrogen) atoms. The normalized spacial score (nSPS) is 30.5. The van der Waals surface area contributed by atoms with Gasteiger partial charge >= 0.3 is 0 Å². The van der Waals surface area contributed by atoms with Gasteiger partial charge in [-0.3, -0.25) is 0 Å². The Morgan fingerprint density at radius 3 is 2.79 bits per heavy atom. The van der Waals surface area contributed by atoms with Crippen molar-refractivity contribution in [3.05, 3.63) is 30.1 Å². The van der Waals surface area contributed by atoms with Crippen LogP contribution in [0.5, 0.6) is 0 Å². The number of hydrogen-bond acceptors (Lipinski definition) is 2. The number of nitrogens with two attached hydrogens (primary N) is 1. The fourth-order valence-corrected chi connectivity index (χ4v) is 4.24. The van der Waals surface area contributed by atoms with Crippen LogP contribution in [-0.2, 0) is 13.5 Å². The fourth-order valence-electron chi connectivity index (χ4n) is 4.24. The van der Waals surface area contributed by atoms with Gasteiger partial charge in [0, 0.05) is 19.5 Å². The Labute approximate surface area is 113 Å². The van der Waals surface area contributed by atoms with Gasteiger partial charge in [0.25, 0.3) is 0 Å². The molecule has 3 heteroatoms. The van der Waals surface area contributed by atoms with Gasteiger partial charge in [-0.25, -0.2) is 4.98 Å². The van der Waals surface area contributed by atoms with E-state index < -0.39 is 0 Å². The lowest BCUT2D eigenvalue weighted by Crippen LogP contribution is -2.28. The van der Waals surface area contributed by atoms with Crippen LogP contribution in [0.25, 0.3) is 11.0 Å². The number of nitrogens with zero attached hydrogens (tertiary/aromatic N) is 2. The van der Waals surface area contributed by atoms with E-state index >= 15 is 0 Å². The van der Waals surface area contributed by atoms with Gasteiger partial charge in [0.2, 0.25) is 0 Å². The van der Waals surface area contributed by atoms with E-state index in [2.05, 4.69) is 29.8 Å². The van der Waals surface area contributed by atoms with E-state index in [9.17, 15) is 0 Å². The molecule has 0 amide bonds. The fraction of sp³-hybridized carbons (Fsp3) is 0.562. The van der Waals surface area contributed by atoms with Gasteiger partial charge in [0.1, 0.15) is 5.82 Å². The summed E-state index contributed by atoms with van der Waals surface area (Å²) in [6.45, 7) is 0. The van der Waals surface area contributed by atoms with Crippen molar-refractivity contribution in [1.29, 1.82) is 0 Å². The van der Waals surface area contributed by atoms with Gasteiger partial charge in [-0.2, -0.15) is 0 Å². The van der Waals surface area contributed by atoms with Crippen LogP contribution in [0.15, 0.2) is 24.3 Å². The summed E-state index contributed by atoms with van der Waals surface area (Å²) in [6.07, 6.45) is 5.16. The van der Waals surface area contributed by atoms with Crippen LogP contribution >= 0.6 is 0 Å². The Morgan fingerprint density at radius 1 is 1.32 bits per heavy atom. The van der Waals surface area contributed by atoms with Crippen LogP contribution in [0.4, 0.5) is 0 Å². The maximum atomic E-state index is 6.44. The summed E-state index contributed by atoms with van der Waals surface area (Å²) >= 11 is 0. The first-order chi connectivity index (χ1) is 9.25. The number of hydrogen-bond donors (Lipinski definition) is 1. The molecule has 2 fully saturated rings. The summed E-state index contributed by atoms with van der Waals surface area (Å²) in [6, 6.07) is 8.62. The average Bonchev–Trinajstić information content (AvgIpc) is 2.77. The Bertz CT molecular complexity index is 605. The topological polar surface area (TPSA) is 43.8 Å². The number of benzene rings is 1. The van der Waals surface area contributed by atoms with Crippen molar-refractivity contribution in [3.63, 3.8) is 0 Å². The second-order valence-electron chi connectivity index (χ2n) is 6.28. The molecule has 0 bridgehead atoms. The number of fused-ring (bicyclic) bond motifs is 2. The van der Waals surface area contributed by atoms with E-state index in [0.717, 1.165) is 35.5 Å². The van der Waals surface area contributed by atoms with Gasteiger partial charge < -0.3 is 10.3 Å². The van der Waals surface area contributed by atoms with Gasteiger partial charge in [0.05, 0.1) is 11.0 Å². The molecule has 1 heterocycles. The third-order valence-electron chi connectivity index (χ3n) is 5.27. The molecule has 0 spiro atoms. The monoisotopic (exact) mass is 255 g/mol. The SMILES string of the molecule is Cn1c(CC(N)C2C3CCCC32)nc2ccccc21. The van der Waals surface area contributed by atoms with Crippen molar-refractivity contribution >= 4 is 11.0 Å². The van der Waals surface area contributed by atoms with Gasteiger partial charge in [-0.15, -0.1) is 0 Å². The maximum absolute atomic E-state index is 6.44. The Morgan fingerprint density at radius 2 is 2.05 bits per heavy atom. The number of rotatable bonds is 3. The first-order valence-electron chi connectivity index (χ1n) is 7.41. The summed E-state index contributed by atoms with van der Waals surface area (Å²) in [7, 11) is 2.10. The number of aromatic nitrogens is 2. The second kappa shape index (κ2) is 4.07. The molecule has 1 aromatic carbocycles. The lowest BCUT2D eigenvalue weighted by atomic mass is 10.0. The quantitative estimate of drug-likeness (QED) is 0.915. The smallest absolute Gasteiger partial charge is 0.111 e. The van der Waals surface area contributed by atoms with Crippen molar-refractivity contribution < 1.29 is 0 Å². The van der Waals surface area contributed by atoms with Crippen molar-refractivity contribution in [3.8, 4) is 0 Å². The highest BCUT2D eigenvalue weighted by Gasteiger charge is 2.54. The summed E-state index contributed by atoms with van der Waals surface area (Å²) in [5.41, 5.74) is 8.73. The minimum absolute atomic E-state index is 0.297. The molecule has 3 atom stereocenters. The van der Waals surface area contributed by atoms with E-state index in [4.69, 9.17) is 10.7 Å². The molecule has 0 saturated heterocycles. The molecule has 2 N–H and O–H groups in total. The van der Waals surface area contributed by atoms with E-state index in [1.54, 1.807) is 0 Å². The van der Waals surface area contributed by atoms with Gasteiger partial charge in [-0.05, 0) is 42.7 Å². The Balaban J connectivity index is 1.56. The van der Waals surface area contributed by atoms with Crippen molar-refractivity contribution in [2.24, 2.45) is 30.5 Å². The van der Waals surface area contributed by atoms with E-state index in [1.165, 1.54) is 24.8 Å². The number of para-hydroxylation sites is 2. The Hall–Kier alpha value is -1.35. The molecule has 3 unspecified atom stereocenters. The Kier molecular flexibility index (Phi) is 2.46. The molecule has 2 aliphatic carbocycles. The molecular formula is C16H21N3. The summed E-state index contributed by atoms with van der Waals surface area (Å²) in [5, 5.41) is 0. The van der Waals surface area contributed by atoms with Crippen molar-refractivity contribution in [2.75, 3.05) is 0 Å². The lowest BCUT2D eigenvalue weighted by molar-refractivity contribution is 0.473. The molecular weight excluding hydrogens is 234 g/mol. The first-order valence-corrected chi connectivity index (χ1v) is 7.41. The third kappa shape index (κ3) is 1.71. The minimum atomic E-state index is 0.297. The number of aryl methyl sites for hydroxylation is 1. The predicted octanol–water partition coefficient (Wildman–Crippen LogP) is 2.49. The maximum Gasteiger partial charge on any atom is 0.111 e. The zero-order chi connectivity index (χ0) is 13.0. The summed E-state index contributed by atoms with van der Waals surface area (Å²) in [4.78, 5) is 4.74. The highest BCUT2D eigenvalue weighted by atomic mass is 15.1. The van der Waals surface area contributed by atoms with Crippen LogP contribution in [0, 0.1) is 17.8 Å². The van der Waals surface area contributed by atoms with Crippen LogP contribution in [0.2, 0.25) is 0 Å². The van der Waals surface area contributed by atoms with Gasteiger partial charge in [0.15, 0.2) is 0 Å². The molecule has 0 radical (unpaired) electrons. The summed E-state index contributed by atoms with van der Waals surface area (Å²) < 4.78 is 2.20. The standard InChI is InChI=1S/C16H21N3/c1-19-14-8-3-2-7-13(14)18-15(19)9-12(17)16-10-5-4-6-11(10)16/h2-3,7-8,10-12,16H,4-6,9,17H2,1H3. The van der Waals surface area contributed by atoms with Gasteiger partial charge in [-0.1, -0.05) is 18.6 Å². The second-order valence-corrected chi connectivity index (χ2v) is 6.28. The number of imidazole rings is 1. The van der Waals surface area contributed by atoms with Crippen LogP contribution < -0.4 is 5.73 Å². The zero-order valence-electron chi connectivity index (χ0n) is 11.4. The lowest BCUT2D eigenvalue weighted by Gasteiger charge is -2.13. The largest absolute Gasteiger partial charge is 0.331 e. The molecule has 1 aromatic heterocycles. The molecule has 0 aliphatic heterocycles. The third-order valence-corrected chi connectivity index (χ3v) is 5.27. The van der Waals surface area contributed by atoms with Crippen LogP contribution in [0.3, 0.4) is 0 Å². The minimum Gasteiger partial charge on any atom is -0.331 e. The highest BCUT2D eigenvalue weighted by Crippen LogP contribution is 2.58. The van der Waals surface area contributed by atoms with Crippen LogP contribution in [-0.4, -0.2) is 15.6 Å². The zero-order valence-corrected chi connectivity index (χ0v) is 11.4.